The number of terminal acetylenes is 1. The van der Waals surface area contributed by atoms with E-state index in [9.17, 15) is 9.59 Å². The molecule has 2 N–H and O–H groups in total. The van der Waals surface area contributed by atoms with Crippen LogP contribution in [0.4, 0.5) is 10.6 Å². The third kappa shape index (κ3) is 5.02. The highest BCUT2D eigenvalue weighted by molar-refractivity contribution is 6.29. The van der Waals surface area contributed by atoms with E-state index in [-0.39, 0.29) is 5.56 Å². The van der Waals surface area contributed by atoms with Crippen molar-refractivity contribution in [2.24, 2.45) is 7.05 Å². The van der Waals surface area contributed by atoms with Crippen LogP contribution in [0.5, 0.6) is 0 Å². The number of benzene rings is 1. The molecule has 31 heavy (non-hydrogen) atoms. The van der Waals surface area contributed by atoms with E-state index in [2.05, 4.69) is 26.5 Å². The van der Waals surface area contributed by atoms with Gasteiger partial charge in [0.05, 0.1) is 0 Å². The zero-order valence-electron chi connectivity index (χ0n) is 17.1. The number of H-pyrrole nitrogens is 1. The minimum atomic E-state index is -0.700. The zero-order chi connectivity index (χ0) is 22.5. The van der Waals surface area contributed by atoms with Crippen molar-refractivity contribution in [2.45, 2.75) is 20.0 Å². The summed E-state index contributed by atoms with van der Waals surface area (Å²) in [5.41, 5.74) is 2.26. The van der Waals surface area contributed by atoms with Crippen LogP contribution in [0, 0.1) is 12.3 Å². The number of hydrogen-bond donors (Lipinski definition) is 2. The SMILES string of the molecule is C#C/C=C\C(=C(/C)Cl)[C@@H](C)OC(=O)Nc1c(-c2ccc3[nH]c(=O)ccc3c2)nnn1C. The Morgan fingerprint density at radius 3 is 2.87 bits per heavy atom. The van der Waals surface area contributed by atoms with Crippen LogP contribution in [0.3, 0.4) is 0 Å². The van der Waals surface area contributed by atoms with Gasteiger partial charge in [0.2, 0.25) is 5.56 Å². The number of allylic oxidation sites excluding steroid dienone is 2. The molecule has 0 radical (unpaired) electrons. The molecule has 158 valence electrons. The lowest BCUT2D eigenvalue weighted by Crippen LogP contribution is -2.23. The topological polar surface area (TPSA) is 102 Å². The lowest BCUT2D eigenvalue weighted by molar-refractivity contribution is 0.138. The van der Waals surface area contributed by atoms with Gasteiger partial charge in [0.1, 0.15) is 11.8 Å². The van der Waals surface area contributed by atoms with Crippen molar-refractivity contribution in [1.29, 1.82) is 0 Å². The number of ether oxygens (including phenoxy) is 1. The minimum Gasteiger partial charge on any atom is -0.441 e. The van der Waals surface area contributed by atoms with Crippen LogP contribution >= 0.6 is 11.6 Å². The van der Waals surface area contributed by atoms with E-state index >= 15 is 0 Å². The number of anilines is 1. The van der Waals surface area contributed by atoms with Gasteiger partial charge in [-0.25, -0.2) is 9.48 Å². The summed E-state index contributed by atoms with van der Waals surface area (Å²) >= 11 is 6.09. The van der Waals surface area contributed by atoms with Gasteiger partial charge in [-0.3, -0.25) is 10.1 Å². The number of fused-ring (bicyclic) bond motifs is 1. The molecule has 0 unspecified atom stereocenters. The number of carbonyl (C=O) groups is 1. The summed E-state index contributed by atoms with van der Waals surface area (Å²) < 4.78 is 6.88. The van der Waals surface area contributed by atoms with Gasteiger partial charge in [-0.1, -0.05) is 28.8 Å². The number of nitrogens with one attached hydrogen (secondary N) is 2. The highest BCUT2D eigenvalue weighted by Gasteiger charge is 2.19. The summed E-state index contributed by atoms with van der Waals surface area (Å²) in [7, 11) is 1.65. The predicted octanol–water partition coefficient (Wildman–Crippen LogP) is 3.96. The first-order chi connectivity index (χ1) is 14.8. The first-order valence-electron chi connectivity index (χ1n) is 9.30. The number of halogens is 1. The van der Waals surface area contributed by atoms with Gasteiger partial charge in [-0.2, -0.15) is 0 Å². The number of nitrogens with zero attached hydrogens (tertiary/aromatic N) is 3. The maximum atomic E-state index is 12.5. The Bertz CT molecular complexity index is 1290. The monoisotopic (exact) mass is 437 g/mol. The summed E-state index contributed by atoms with van der Waals surface area (Å²) in [6.07, 6.45) is 7.01. The first kappa shape index (κ1) is 21.9. The van der Waals surface area contributed by atoms with Crippen molar-refractivity contribution in [3.8, 4) is 23.6 Å². The second kappa shape index (κ2) is 9.32. The number of carbonyl (C=O) groups excluding carboxylic acids is 1. The van der Waals surface area contributed by atoms with E-state index in [0.29, 0.717) is 33.2 Å². The second-order valence-electron chi connectivity index (χ2n) is 6.70. The maximum absolute atomic E-state index is 12.5. The molecule has 0 spiro atoms. The minimum absolute atomic E-state index is 0.184. The average Bonchev–Trinajstić information content (AvgIpc) is 3.07. The van der Waals surface area contributed by atoms with Crippen LogP contribution in [-0.4, -0.2) is 32.2 Å². The Morgan fingerprint density at radius 2 is 2.16 bits per heavy atom. The van der Waals surface area contributed by atoms with Crippen LogP contribution in [0.15, 0.2) is 57.9 Å². The Hall–Kier alpha value is -3.83. The van der Waals surface area contributed by atoms with E-state index in [1.54, 1.807) is 45.2 Å². The van der Waals surface area contributed by atoms with Crippen molar-refractivity contribution in [1.82, 2.24) is 20.0 Å². The molecule has 3 rings (SSSR count). The zero-order valence-corrected chi connectivity index (χ0v) is 17.9. The van der Waals surface area contributed by atoms with E-state index < -0.39 is 12.2 Å². The maximum Gasteiger partial charge on any atom is 0.413 e. The number of rotatable bonds is 5. The number of aromatic nitrogens is 4. The molecular weight excluding hydrogens is 418 g/mol. The molecule has 0 aliphatic rings. The van der Waals surface area contributed by atoms with Crippen molar-refractivity contribution in [3.05, 3.63) is 63.4 Å². The molecular formula is C22H20ClN5O3. The van der Waals surface area contributed by atoms with Gasteiger partial charge < -0.3 is 9.72 Å². The van der Waals surface area contributed by atoms with Crippen molar-refractivity contribution in [2.75, 3.05) is 5.32 Å². The van der Waals surface area contributed by atoms with E-state index in [1.807, 2.05) is 6.07 Å². The first-order valence-corrected chi connectivity index (χ1v) is 9.67. The van der Waals surface area contributed by atoms with Crippen molar-refractivity contribution < 1.29 is 9.53 Å². The molecule has 0 bridgehead atoms. The van der Waals surface area contributed by atoms with Gasteiger partial charge in [-0.05, 0) is 49.6 Å². The standard InChI is InChI=1S/C22H20ClN5O3/c1-5-6-7-17(13(2)23)14(3)31-22(30)25-21-20(26-27-28(21)4)16-8-10-18-15(12-16)9-11-19(29)24-18/h1,6-12,14H,2-4H3,(H,24,29)(H,25,30)/b7-6-,17-13-/t14-/m1/s1. The molecule has 1 aromatic carbocycles. The van der Waals surface area contributed by atoms with Crippen molar-refractivity contribution in [3.63, 3.8) is 0 Å². The Labute approximate surface area is 183 Å². The molecule has 1 amide bonds. The number of pyridine rings is 1. The Balaban J connectivity index is 1.85. The number of aromatic amines is 1. The van der Waals surface area contributed by atoms with Crippen LogP contribution in [0.1, 0.15) is 13.8 Å². The molecule has 0 fully saturated rings. The fourth-order valence-electron chi connectivity index (χ4n) is 3.01. The smallest absolute Gasteiger partial charge is 0.413 e. The molecule has 9 heteroatoms. The van der Waals surface area contributed by atoms with Gasteiger partial charge in [-0.15, -0.1) is 11.5 Å². The van der Waals surface area contributed by atoms with Crippen LogP contribution in [-0.2, 0) is 11.8 Å². The lowest BCUT2D eigenvalue weighted by atomic mass is 10.1. The third-order valence-electron chi connectivity index (χ3n) is 4.52. The van der Waals surface area contributed by atoms with E-state index in [1.165, 1.54) is 16.8 Å². The van der Waals surface area contributed by atoms with Gasteiger partial charge in [0, 0.05) is 34.8 Å². The number of amides is 1. The Kier molecular flexibility index (Phi) is 6.58. The molecule has 8 nitrogen and oxygen atoms in total. The highest BCUT2D eigenvalue weighted by atomic mass is 35.5. The van der Waals surface area contributed by atoms with Gasteiger partial charge in [0.15, 0.2) is 5.82 Å². The lowest BCUT2D eigenvalue weighted by Gasteiger charge is -2.16. The molecule has 0 saturated carbocycles. The predicted molar refractivity (Wildman–Crippen MR) is 121 cm³/mol. The Morgan fingerprint density at radius 1 is 1.39 bits per heavy atom. The normalized spacial score (nSPS) is 13.0. The molecule has 0 saturated heterocycles. The fraction of sp³-hybridized carbons (Fsp3) is 0.182. The molecule has 2 heterocycles. The summed E-state index contributed by atoms with van der Waals surface area (Å²) in [5.74, 6) is 2.73. The van der Waals surface area contributed by atoms with Crippen LogP contribution in [0.25, 0.3) is 22.2 Å². The quantitative estimate of drug-likeness (QED) is 0.464. The summed E-state index contributed by atoms with van der Waals surface area (Å²) in [6.45, 7) is 3.37. The highest BCUT2D eigenvalue weighted by Crippen LogP contribution is 2.28. The average molecular weight is 438 g/mol. The van der Waals surface area contributed by atoms with Gasteiger partial charge in [0.25, 0.3) is 0 Å². The van der Waals surface area contributed by atoms with Gasteiger partial charge >= 0.3 is 6.09 Å². The van der Waals surface area contributed by atoms with Crippen LogP contribution < -0.4 is 10.9 Å². The molecule has 0 aliphatic heterocycles. The third-order valence-corrected chi connectivity index (χ3v) is 4.74. The number of hydrogen-bond acceptors (Lipinski definition) is 5. The fourth-order valence-corrected chi connectivity index (χ4v) is 3.23. The molecule has 0 aliphatic carbocycles. The van der Waals surface area contributed by atoms with Crippen molar-refractivity contribution >= 4 is 34.4 Å². The van der Waals surface area contributed by atoms with E-state index in [4.69, 9.17) is 22.8 Å². The van der Waals surface area contributed by atoms with Crippen LogP contribution in [0.2, 0.25) is 0 Å². The summed E-state index contributed by atoms with van der Waals surface area (Å²) in [4.78, 5) is 26.8. The van der Waals surface area contributed by atoms with E-state index in [0.717, 1.165) is 5.39 Å². The molecule has 3 aromatic rings. The summed E-state index contributed by atoms with van der Waals surface area (Å²) in [6, 6.07) is 8.55. The molecule has 1 atom stereocenters. The number of aryl methyl sites for hydroxylation is 1. The largest absolute Gasteiger partial charge is 0.441 e. The second-order valence-corrected chi connectivity index (χ2v) is 7.26. The summed E-state index contributed by atoms with van der Waals surface area (Å²) in [5, 5.41) is 12.1. The molecule has 2 aromatic heterocycles.